The summed E-state index contributed by atoms with van der Waals surface area (Å²) in [6.45, 7) is 3.93. The second kappa shape index (κ2) is 5.44. The second-order valence-electron chi connectivity index (χ2n) is 5.30. The molecule has 3 rings (SSSR count). The van der Waals surface area contributed by atoms with Crippen LogP contribution in [0.3, 0.4) is 0 Å². The van der Waals surface area contributed by atoms with Crippen molar-refractivity contribution in [3.05, 3.63) is 70.6 Å². The zero-order valence-corrected chi connectivity index (χ0v) is 12.1. The summed E-state index contributed by atoms with van der Waals surface area (Å²) < 4.78 is 0. The number of hydrogen-bond donors (Lipinski definition) is 0. The summed E-state index contributed by atoms with van der Waals surface area (Å²) in [6.07, 6.45) is 0. The number of para-hydroxylation sites is 1. The van der Waals surface area contributed by atoms with Crippen LogP contribution < -0.4 is 5.56 Å². The number of benzene rings is 2. The Kier molecular flexibility index (Phi) is 3.48. The minimum atomic E-state index is -0.247. The maximum absolute atomic E-state index is 12.3. The van der Waals surface area contributed by atoms with Gasteiger partial charge in [0, 0.05) is 16.9 Å². The van der Waals surface area contributed by atoms with Gasteiger partial charge in [-0.1, -0.05) is 62.4 Å². The molecule has 2 aromatic carbocycles. The summed E-state index contributed by atoms with van der Waals surface area (Å²) in [6, 6.07) is 17.6. The summed E-state index contributed by atoms with van der Waals surface area (Å²) in [5.41, 5.74) is 2.74. The first-order chi connectivity index (χ1) is 10.2. The third-order valence-corrected chi connectivity index (χ3v) is 3.43. The van der Waals surface area contributed by atoms with Gasteiger partial charge in [0.25, 0.3) is 5.56 Å². The molecule has 0 aliphatic carbocycles. The van der Waals surface area contributed by atoms with Gasteiger partial charge in [-0.25, -0.2) is 9.97 Å². The Balaban J connectivity index is 2.47. The molecular weight excluding hydrogens is 260 g/mol. The van der Waals surface area contributed by atoms with Gasteiger partial charge in [0.2, 0.25) is 0 Å². The van der Waals surface area contributed by atoms with Gasteiger partial charge in [-0.05, 0) is 6.07 Å². The van der Waals surface area contributed by atoms with Crippen LogP contribution in [0.2, 0.25) is 0 Å². The van der Waals surface area contributed by atoms with Crippen molar-refractivity contribution in [2.75, 3.05) is 0 Å². The minimum absolute atomic E-state index is 0.0364. The molecule has 0 amide bonds. The lowest BCUT2D eigenvalue weighted by atomic mass is 10.1. The highest BCUT2D eigenvalue weighted by atomic mass is 16.1. The number of nitrogens with zero attached hydrogens (tertiary/aromatic N) is 2. The lowest BCUT2D eigenvalue weighted by Gasteiger charge is -2.03. The highest BCUT2D eigenvalue weighted by molar-refractivity contribution is 5.91. The molecule has 0 bridgehead atoms. The molecule has 3 aromatic rings. The molecule has 0 saturated carbocycles. The van der Waals surface area contributed by atoms with E-state index < -0.39 is 0 Å². The van der Waals surface area contributed by atoms with E-state index in [1.54, 1.807) is 0 Å². The topological polar surface area (TPSA) is 42.9 Å². The predicted molar refractivity (Wildman–Crippen MR) is 85.3 cm³/mol. The van der Waals surface area contributed by atoms with Crippen LogP contribution in [0.15, 0.2) is 59.4 Å². The summed E-state index contributed by atoms with van der Waals surface area (Å²) in [5.74, 6) is 0.0364. The van der Waals surface area contributed by atoms with Gasteiger partial charge in [-0.2, -0.15) is 0 Å². The largest absolute Gasteiger partial charge is 0.292 e. The molecule has 21 heavy (non-hydrogen) atoms. The van der Waals surface area contributed by atoms with Crippen LogP contribution in [-0.4, -0.2) is 9.97 Å². The molecule has 0 unspecified atom stereocenters. The molecule has 0 N–H and O–H groups in total. The first-order valence-corrected chi connectivity index (χ1v) is 7.03. The Bertz CT molecular complexity index is 842. The van der Waals surface area contributed by atoms with E-state index in [2.05, 4.69) is 9.97 Å². The van der Waals surface area contributed by atoms with Crippen molar-refractivity contribution in [3.8, 4) is 11.3 Å². The molecule has 3 heteroatoms. The van der Waals surface area contributed by atoms with Crippen LogP contribution in [0.1, 0.15) is 25.5 Å². The van der Waals surface area contributed by atoms with E-state index in [9.17, 15) is 4.79 Å². The molecule has 0 aliphatic heterocycles. The zero-order chi connectivity index (χ0) is 14.8. The van der Waals surface area contributed by atoms with E-state index in [1.807, 2.05) is 68.4 Å². The quantitative estimate of drug-likeness (QED) is 0.715. The first kappa shape index (κ1) is 13.4. The predicted octanol–water partition coefficient (Wildman–Crippen LogP) is 3.78. The third-order valence-electron chi connectivity index (χ3n) is 3.43. The molecule has 0 fully saturated rings. The summed E-state index contributed by atoms with van der Waals surface area (Å²) in [4.78, 5) is 21.2. The van der Waals surface area contributed by atoms with E-state index in [4.69, 9.17) is 0 Å². The molecule has 0 radical (unpaired) electrons. The van der Waals surface area contributed by atoms with Gasteiger partial charge in [0.05, 0.1) is 11.2 Å². The standard InChI is InChI=1S/C18H16N2O/c1-12(2)16-18(21)19-15-11-7-6-10-14(15)17(20-16)13-8-4-3-5-9-13/h3-12H,1-2H3. The fourth-order valence-corrected chi connectivity index (χ4v) is 2.36. The fraction of sp³-hybridized carbons (Fsp3) is 0.167. The average molecular weight is 276 g/mol. The lowest BCUT2D eigenvalue weighted by molar-refractivity contribution is 0.809. The molecule has 0 saturated heterocycles. The molecule has 0 atom stereocenters. The molecule has 104 valence electrons. The molecule has 0 spiro atoms. The normalized spacial score (nSPS) is 11.0. The van der Waals surface area contributed by atoms with Gasteiger partial charge in [0.1, 0.15) is 5.69 Å². The Hall–Kier alpha value is -2.55. The Morgan fingerprint density at radius 3 is 2.24 bits per heavy atom. The van der Waals surface area contributed by atoms with Crippen LogP contribution in [-0.2, 0) is 0 Å². The molecule has 1 heterocycles. The minimum Gasteiger partial charge on any atom is -0.265 e. The third kappa shape index (κ3) is 2.55. The van der Waals surface area contributed by atoms with Crippen molar-refractivity contribution >= 4 is 10.9 Å². The molecular formula is C18H16N2O. The van der Waals surface area contributed by atoms with Crippen LogP contribution in [0.5, 0.6) is 0 Å². The van der Waals surface area contributed by atoms with Crippen molar-refractivity contribution in [2.24, 2.45) is 0 Å². The van der Waals surface area contributed by atoms with Gasteiger partial charge < -0.3 is 0 Å². The maximum atomic E-state index is 12.3. The highest BCUT2D eigenvalue weighted by Gasteiger charge is 2.12. The fourth-order valence-electron chi connectivity index (χ4n) is 2.36. The number of rotatable bonds is 2. The lowest BCUT2D eigenvalue weighted by Crippen LogP contribution is -2.12. The Morgan fingerprint density at radius 2 is 1.52 bits per heavy atom. The number of aromatic nitrogens is 2. The summed E-state index contributed by atoms with van der Waals surface area (Å²) in [5, 5.41) is 0.896. The monoisotopic (exact) mass is 276 g/mol. The molecule has 3 nitrogen and oxygen atoms in total. The maximum Gasteiger partial charge on any atom is 0.292 e. The van der Waals surface area contributed by atoms with E-state index >= 15 is 0 Å². The van der Waals surface area contributed by atoms with Gasteiger partial charge in [-0.3, -0.25) is 4.79 Å². The van der Waals surface area contributed by atoms with Gasteiger partial charge >= 0.3 is 0 Å². The van der Waals surface area contributed by atoms with E-state index in [0.717, 1.165) is 16.6 Å². The van der Waals surface area contributed by atoms with Crippen LogP contribution >= 0.6 is 0 Å². The van der Waals surface area contributed by atoms with Crippen molar-refractivity contribution in [1.82, 2.24) is 9.97 Å². The second-order valence-corrected chi connectivity index (χ2v) is 5.30. The molecule has 1 aromatic heterocycles. The van der Waals surface area contributed by atoms with Gasteiger partial charge in [0.15, 0.2) is 0 Å². The zero-order valence-electron chi connectivity index (χ0n) is 12.1. The van der Waals surface area contributed by atoms with E-state index in [0.29, 0.717) is 11.2 Å². The number of fused-ring (bicyclic) bond motifs is 1. The Morgan fingerprint density at radius 1 is 0.857 bits per heavy atom. The van der Waals surface area contributed by atoms with Crippen LogP contribution in [0, 0.1) is 0 Å². The van der Waals surface area contributed by atoms with Crippen molar-refractivity contribution < 1.29 is 0 Å². The van der Waals surface area contributed by atoms with Gasteiger partial charge in [-0.15, -0.1) is 0 Å². The SMILES string of the molecule is CC(C)c1nc(-c2ccccc2)c2ccccc2nc1=O. The highest BCUT2D eigenvalue weighted by Crippen LogP contribution is 2.25. The summed E-state index contributed by atoms with van der Waals surface area (Å²) in [7, 11) is 0. The van der Waals surface area contributed by atoms with Crippen molar-refractivity contribution in [3.63, 3.8) is 0 Å². The Labute approximate surface area is 123 Å². The average Bonchev–Trinajstić information content (AvgIpc) is 2.64. The van der Waals surface area contributed by atoms with Crippen LogP contribution in [0.25, 0.3) is 22.2 Å². The van der Waals surface area contributed by atoms with Crippen molar-refractivity contribution in [2.45, 2.75) is 19.8 Å². The number of hydrogen-bond acceptors (Lipinski definition) is 3. The molecule has 0 aliphatic rings. The summed E-state index contributed by atoms with van der Waals surface area (Å²) >= 11 is 0. The van der Waals surface area contributed by atoms with Crippen molar-refractivity contribution in [1.29, 1.82) is 0 Å². The smallest absolute Gasteiger partial charge is 0.265 e. The first-order valence-electron chi connectivity index (χ1n) is 7.03. The van der Waals surface area contributed by atoms with E-state index in [-0.39, 0.29) is 11.5 Å². The van der Waals surface area contributed by atoms with E-state index in [1.165, 1.54) is 0 Å². The van der Waals surface area contributed by atoms with Crippen LogP contribution in [0.4, 0.5) is 0 Å².